The molecule has 0 aliphatic heterocycles. The number of ether oxygens (including phenoxy) is 1. The molecule has 106 valence electrons. The van der Waals surface area contributed by atoms with E-state index in [0.29, 0.717) is 5.02 Å². The van der Waals surface area contributed by atoms with Crippen LogP contribution >= 0.6 is 27.5 Å². The van der Waals surface area contributed by atoms with E-state index < -0.39 is 0 Å². The Morgan fingerprint density at radius 2 is 1.80 bits per heavy atom. The van der Waals surface area contributed by atoms with Crippen LogP contribution in [0.1, 0.15) is 28.3 Å². The SMILES string of the molecule is COc1c(C(N)c2ccc(Cl)cc2Br)ccc(C)c1C. The molecule has 2 aromatic carbocycles. The average molecular weight is 355 g/mol. The van der Waals surface area contributed by atoms with Gasteiger partial charge in [-0.05, 0) is 42.7 Å². The molecule has 0 spiro atoms. The van der Waals surface area contributed by atoms with E-state index in [1.807, 2.05) is 31.2 Å². The maximum absolute atomic E-state index is 6.41. The molecular weight excluding hydrogens is 338 g/mol. The van der Waals surface area contributed by atoms with Gasteiger partial charge >= 0.3 is 0 Å². The first-order chi connectivity index (χ1) is 9.45. The standard InChI is InChI=1S/C16H17BrClNO/c1-9-4-6-13(16(20-3)10(9)2)15(19)12-7-5-11(18)8-14(12)17/h4-8,15H,19H2,1-3H3. The van der Waals surface area contributed by atoms with Gasteiger partial charge in [-0.2, -0.15) is 0 Å². The fraction of sp³-hybridized carbons (Fsp3) is 0.250. The number of rotatable bonds is 3. The van der Waals surface area contributed by atoms with Crippen molar-refractivity contribution in [2.24, 2.45) is 5.73 Å². The Balaban J connectivity index is 2.53. The molecule has 4 heteroatoms. The second-order valence-corrected chi connectivity index (χ2v) is 6.06. The van der Waals surface area contributed by atoms with Crippen LogP contribution < -0.4 is 10.5 Å². The molecule has 2 N–H and O–H groups in total. The highest BCUT2D eigenvalue weighted by Gasteiger charge is 2.18. The summed E-state index contributed by atoms with van der Waals surface area (Å²) >= 11 is 9.50. The summed E-state index contributed by atoms with van der Waals surface area (Å²) in [5.41, 5.74) is 10.7. The van der Waals surface area contributed by atoms with Crippen LogP contribution in [0.4, 0.5) is 0 Å². The molecule has 0 bridgehead atoms. The van der Waals surface area contributed by atoms with E-state index in [0.717, 1.165) is 26.9 Å². The number of methoxy groups -OCH3 is 1. The predicted octanol–water partition coefficient (Wildman–Crippen LogP) is 4.78. The maximum Gasteiger partial charge on any atom is 0.127 e. The zero-order valence-corrected chi connectivity index (χ0v) is 14.0. The van der Waals surface area contributed by atoms with Crippen molar-refractivity contribution in [1.82, 2.24) is 0 Å². The van der Waals surface area contributed by atoms with E-state index >= 15 is 0 Å². The summed E-state index contributed by atoms with van der Waals surface area (Å²) in [5, 5.41) is 0.680. The summed E-state index contributed by atoms with van der Waals surface area (Å²) in [5.74, 6) is 0.847. The van der Waals surface area contributed by atoms with E-state index in [1.54, 1.807) is 7.11 Å². The lowest BCUT2D eigenvalue weighted by atomic mass is 9.95. The van der Waals surface area contributed by atoms with Gasteiger partial charge in [0.1, 0.15) is 5.75 Å². The molecule has 2 rings (SSSR count). The molecule has 0 radical (unpaired) electrons. The first kappa shape index (κ1) is 15.4. The zero-order chi connectivity index (χ0) is 14.9. The van der Waals surface area contributed by atoms with Crippen molar-refractivity contribution in [3.63, 3.8) is 0 Å². The first-order valence-electron chi connectivity index (χ1n) is 6.30. The maximum atomic E-state index is 6.41. The Bertz CT molecular complexity index is 643. The van der Waals surface area contributed by atoms with Gasteiger partial charge < -0.3 is 10.5 Å². The summed E-state index contributed by atoms with van der Waals surface area (Å²) in [6.45, 7) is 4.10. The van der Waals surface area contributed by atoms with Gasteiger partial charge in [-0.15, -0.1) is 0 Å². The van der Waals surface area contributed by atoms with Crippen LogP contribution in [0.25, 0.3) is 0 Å². The molecule has 20 heavy (non-hydrogen) atoms. The van der Waals surface area contributed by atoms with Gasteiger partial charge in [0.15, 0.2) is 0 Å². The molecular formula is C16H17BrClNO. The molecule has 0 fully saturated rings. The van der Waals surface area contributed by atoms with Gasteiger partial charge in [0.2, 0.25) is 0 Å². The molecule has 2 aromatic rings. The quantitative estimate of drug-likeness (QED) is 0.861. The van der Waals surface area contributed by atoms with Gasteiger partial charge in [0.25, 0.3) is 0 Å². The van der Waals surface area contributed by atoms with Crippen LogP contribution in [-0.4, -0.2) is 7.11 Å². The number of hydrogen-bond acceptors (Lipinski definition) is 2. The van der Waals surface area contributed by atoms with Crippen molar-refractivity contribution in [3.05, 3.63) is 62.1 Å². The smallest absolute Gasteiger partial charge is 0.127 e. The summed E-state index contributed by atoms with van der Waals surface area (Å²) < 4.78 is 6.44. The van der Waals surface area contributed by atoms with Gasteiger partial charge in [0, 0.05) is 15.1 Å². The monoisotopic (exact) mass is 353 g/mol. The molecule has 0 amide bonds. The predicted molar refractivity (Wildman–Crippen MR) is 87.7 cm³/mol. The molecule has 1 unspecified atom stereocenters. The second-order valence-electron chi connectivity index (χ2n) is 4.77. The molecule has 0 saturated heterocycles. The van der Waals surface area contributed by atoms with E-state index in [4.69, 9.17) is 22.1 Å². The summed E-state index contributed by atoms with van der Waals surface area (Å²) in [6, 6.07) is 9.45. The molecule has 0 heterocycles. The van der Waals surface area contributed by atoms with Crippen molar-refractivity contribution in [2.45, 2.75) is 19.9 Å². The number of halogens is 2. The van der Waals surface area contributed by atoms with Crippen LogP contribution in [0.2, 0.25) is 5.02 Å². The van der Waals surface area contributed by atoms with Gasteiger partial charge in [-0.1, -0.05) is 45.7 Å². The fourth-order valence-corrected chi connectivity index (χ4v) is 3.18. The minimum absolute atomic E-state index is 0.268. The minimum atomic E-state index is -0.268. The lowest BCUT2D eigenvalue weighted by Gasteiger charge is -2.20. The second kappa shape index (κ2) is 6.17. The van der Waals surface area contributed by atoms with Crippen molar-refractivity contribution >= 4 is 27.5 Å². The van der Waals surface area contributed by atoms with E-state index in [1.165, 1.54) is 5.56 Å². The van der Waals surface area contributed by atoms with Crippen LogP contribution in [-0.2, 0) is 0 Å². The Morgan fingerprint density at radius 1 is 1.15 bits per heavy atom. The van der Waals surface area contributed by atoms with Gasteiger partial charge in [-0.25, -0.2) is 0 Å². The number of hydrogen-bond donors (Lipinski definition) is 1. The van der Waals surface area contributed by atoms with E-state index in [2.05, 4.69) is 28.9 Å². The highest BCUT2D eigenvalue weighted by molar-refractivity contribution is 9.10. The number of nitrogens with two attached hydrogens (primary N) is 1. The van der Waals surface area contributed by atoms with Crippen molar-refractivity contribution in [2.75, 3.05) is 7.11 Å². The Morgan fingerprint density at radius 3 is 2.40 bits per heavy atom. The molecule has 0 saturated carbocycles. The molecule has 1 atom stereocenters. The van der Waals surface area contributed by atoms with E-state index in [-0.39, 0.29) is 6.04 Å². The number of benzene rings is 2. The third-order valence-electron chi connectivity index (χ3n) is 3.54. The molecule has 2 nitrogen and oxygen atoms in total. The third-order valence-corrected chi connectivity index (χ3v) is 4.47. The van der Waals surface area contributed by atoms with Crippen LogP contribution in [0.3, 0.4) is 0 Å². The summed E-state index contributed by atoms with van der Waals surface area (Å²) in [7, 11) is 1.68. The van der Waals surface area contributed by atoms with Crippen molar-refractivity contribution in [1.29, 1.82) is 0 Å². The lowest BCUT2D eigenvalue weighted by molar-refractivity contribution is 0.404. The summed E-state index contributed by atoms with van der Waals surface area (Å²) in [4.78, 5) is 0. The Hall–Kier alpha value is -1.03. The van der Waals surface area contributed by atoms with E-state index in [9.17, 15) is 0 Å². The fourth-order valence-electron chi connectivity index (χ4n) is 2.25. The Labute approximate surface area is 133 Å². The van der Waals surface area contributed by atoms with Crippen molar-refractivity contribution < 1.29 is 4.74 Å². The highest BCUT2D eigenvalue weighted by Crippen LogP contribution is 2.36. The third kappa shape index (κ3) is 2.85. The number of aryl methyl sites for hydroxylation is 1. The summed E-state index contributed by atoms with van der Waals surface area (Å²) in [6.07, 6.45) is 0. The Kier molecular flexibility index (Phi) is 4.74. The largest absolute Gasteiger partial charge is 0.496 e. The normalized spacial score (nSPS) is 12.3. The zero-order valence-electron chi connectivity index (χ0n) is 11.7. The highest BCUT2D eigenvalue weighted by atomic mass is 79.9. The van der Waals surface area contributed by atoms with Gasteiger partial charge in [0.05, 0.1) is 13.2 Å². The average Bonchev–Trinajstić information content (AvgIpc) is 2.41. The lowest BCUT2D eigenvalue weighted by Crippen LogP contribution is -2.14. The minimum Gasteiger partial charge on any atom is -0.496 e. The van der Waals surface area contributed by atoms with Crippen molar-refractivity contribution in [3.8, 4) is 5.75 Å². The molecule has 0 aliphatic rings. The van der Waals surface area contributed by atoms with Gasteiger partial charge in [-0.3, -0.25) is 0 Å². The molecule has 0 aromatic heterocycles. The van der Waals surface area contributed by atoms with Crippen LogP contribution in [0.5, 0.6) is 5.75 Å². The van der Waals surface area contributed by atoms with Crippen LogP contribution in [0, 0.1) is 13.8 Å². The van der Waals surface area contributed by atoms with Crippen LogP contribution in [0.15, 0.2) is 34.8 Å². The molecule has 0 aliphatic carbocycles. The topological polar surface area (TPSA) is 35.2 Å². The first-order valence-corrected chi connectivity index (χ1v) is 7.47.